The van der Waals surface area contributed by atoms with Crippen LogP contribution in [0, 0.1) is 18.3 Å². The Balaban J connectivity index is 1.71. The number of nitriles is 1. The molecule has 0 radical (unpaired) electrons. The van der Waals surface area contributed by atoms with E-state index in [-0.39, 0.29) is 18.5 Å². The smallest absolute Gasteiger partial charge is 0.254 e. The van der Waals surface area contributed by atoms with Crippen LogP contribution in [0.1, 0.15) is 42.7 Å². The Morgan fingerprint density at radius 3 is 3.04 bits per heavy atom. The number of hydrazine groups is 1. The fraction of sp³-hybridized carbons (Fsp3) is 0.526. The highest BCUT2D eigenvalue weighted by Crippen LogP contribution is 2.25. The number of aryl methyl sites for hydroxylation is 1. The summed E-state index contributed by atoms with van der Waals surface area (Å²) in [5, 5.41) is 20.4. The first-order valence-corrected chi connectivity index (χ1v) is 9.33. The van der Waals surface area contributed by atoms with Crippen LogP contribution in [0.3, 0.4) is 0 Å². The Labute approximate surface area is 163 Å². The molecule has 1 aliphatic heterocycles. The first kappa shape index (κ1) is 19.9. The number of aldehydes is 1. The molecule has 28 heavy (non-hydrogen) atoms. The van der Waals surface area contributed by atoms with Gasteiger partial charge in [-0.1, -0.05) is 0 Å². The van der Waals surface area contributed by atoms with Crippen LogP contribution in [0.5, 0.6) is 0 Å². The number of rotatable bonds is 7. The predicted octanol–water partition coefficient (Wildman–Crippen LogP) is 0.950. The van der Waals surface area contributed by atoms with Gasteiger partial charge in [0.05, 0.1) is 23.9 Å². The highest BCUT2D eigenvalue weighted by molar-refractivity contribution is 5.93. The molecule has 0 unspecified atom stereocenters. The van der Waals surface area contributed by atoms with E-state index in [9.17, 15) is 14.9 Å². The van der Waals surface area contributed by atoms with Crippen LogP contribution in [0.4, 0.5) is 0 Å². The molecule has 1 amide bonds. The van der Waals surface area contributed by atoms with Gasteiger partial charge >= 0.3 is 0 Å². The van der Waals surface area contributed by atoms with Gasteiger partial charge in [-0.3, -0.25) is 4.79 Å². The number of hydrogen-bond acceptors (Lipinski definition) is 7. The number of fused-ring (bicyclic) bond motifs is 1. The number of carbonyl (C=O) groups is 2. The predicted molar refractivity (Wildman–Crippen MR) is 102 cm³/mol. The van der Waals surface area contributed by atoms with Crippen molar-refractivity contribution in [2.24, 2.45) is 0 Å². The Morgan fingerprint density at radius 1 is 1.54 bits per heavy atom. The average molecular weight is 383 g/mol. The number of aromatic nitrogens is 3. The lowest BCUT2D eigenvalue weighted by molar-refractivity contribution is -0.125. The van der Waals surface area contributed by atoms with Crippen molar-refractivity contribution in [3.05, 3.63) is 29.7 Å². The summed E-state index contributed by atoms with van der Waals surface area (Å²) < 4.78 is 1.58. The highest BCUT2D eigenvalue weighted by Gasteiger charge is 2.37. The third-order valence-corrected chi connectivity index (χ3v) is 5.01. The van der Waals surface area contributed by atoms with Crippen LogP contribution < -0.4 is 5.32 Å². The molecule has 0 aromatic carbocycles. The van der Waals surface area contributed by atoms with Gasteiger partial charge in [0, 0.05) is 37.1 Å². The van der Waals surface area contributed by atoms with Crippen LogP contribution in [-0.2, 0) is 4.79 Å². The lowest BCUT2D eigenvalue weighted by Gasteiger charge is -2.44. The molecule has 1 fully saturated rings. The number of nitrogens with one attached hydrogen (secondary N) is 1. The molecule has 0 aliphatic carbocycles. The van der Waals surface area contributed by atoms with Gasteiger partial charge in [-0.05, 0) is 33.6 Å². The van der Waals surface area contributed by atoms with E-state index in [2.05, 4.69) is 21.5 Å². The second-order valence-corrected chi connectivity index (χ2v) is 7.63. The topological polar surface area (TPSA) is 107 Å². The summed E-state index contributed by atoms with van der Waals surface area (Å²) in [5.74, 6) is -0.264. The van der Waals surface area contributed by atoms with Crippen LogP contribution in [0.25, 0.3) is 5.65 Å². The summed E-state index contributed by atoms with van der Waals surface area (Å²) in [4.78, 5) is 28.1. The lowest BCUT2D eigenvalue weighted by Crippen LogP contribution is -2.60. The number of hydrogen-bond donors (Lipinski definition) is 1. The molecule has 2 aromatic rings. The quantitative estimate of drug-likeness (QED) is 0.709. The third-order valence-electron chi connectivity index (χ3n) is 5.01. The molecule has 1 atom stereocenters. The van der Waals surface area contributed by atoms with E-state index in [4.69, 9.17) is 0 Å². The fourth-order valence-corrected chi connectivity index (χ4v) is 3.54. The van der Waals surface area contributed by atoms with Crippen molar-refractivity contribution < 1.29 is 9.59 Å². The van der Waals surface area contributed by atoms with Gasteiger partial charge < -0.3 is 10.1 Å². The van der Waals surface area contributed by atoms with E-state index in [1.807, 2.05) is 36.9 Å². The standard InChI is InChI=1S/C19H25N7O2/c1-14-9-17-21-11-15(12-24(17)23-14)18(28)22-13-19(2,3)26(7-8-27)25-6-4-5-16(25)10-20/h8-9,11-12,16H,4-7,13H2,1-3H3,(H,22,28)/t16-/m0/s1. The minimum atomic E-state index is -0.546. The minimum Gasteiger partial charge on any atom is -0.350 e. The molecule has 3 rings (SSSR count). The Kier molecular flexibility index (Phi) is 5.72. The number of amides is 1. The van der Waals surface area contributed by atoms with E-state index >= 15 is 0 Å². The molecule has 0 spiro atoms. The van der Waals surface area contributed by atoms with Gasteiger partial charge in [-0.2, -0.15) is 10.4 Å². The zero-order valence-electron chi connectivity index (χ0n) is 16.4. The monoisotopic (exact) mass is 383 g/mol. The molecule has 1 aliphatic rings. The van der Waals surface area contributed by atoms with Crippen molar-refractivity contribution in [2.75, 3.05) is 19.6 Å². The maximum Gasteiger partial charge on any atom is 0.254 e. The Bertz CT molecular complexity index is 915. The maximum absolute atomic E-state index is 12.6. The summed E-state index contributed by atoms with van der Waals surface area (Å²) in [6, 6.07) is 3.89. The van der Waals surface area contributed by atoms with Gasteiger partial charge in [0.25, 0.3) is 5.91 Å². The lowest BCUT2D eigenvalue weighted by atomic mass is 10.0. The van der Waals surface area contributed by atoms with Crippen molar-refractivity contribution in [2.45, 2.75) is 45.2 Å². The van der Waals surface area contributed by atoms with Gasteiger partial charge in [-0.25, -0.2) is 19.5 Å². The molecule has 0 bridgehead atoms. The first-order valence-electron chi connectivity index (χ1n) is 9.33. The van der Waals surface area contributed by atoms with Crippen molar-refractivity contribution in [3.63, 3.8) is 0 Å². The highest BCUT2D eigenvalue weighted by atomic mass is 16.1. The molecule has 9 heteroatoms. The largest absolute Gasteiger partial charge is 0.350 e. The van der Waals surface area contributed by atoms with E-state index in [1.165, 1.54) is 6.20 Å². The van der Waals surface area contributed by atoms with E-state index in [0.29, 0.717) is 17.8 Å². The zero-order chi connectivity index (χ0) is 20.3. The normalized spacial score (nSPS) is 17.8. The molecular weight excluding hydrogens is 358 g/mol. The second kappa shape index (κ2) is 8.04. The van der Waals surface area contributed by atoms with Gasteiger partial charge in [0.1, 0.15) is 12.3 Å². The summed E-state index contributed by atoms with van der Waals surface area (Å²) in [6.45, 7) is 6.96. The molecule has 2 aromatic heterocycles. The van der Waals surface area contributed by atoms with Crippen LogP contribution in [0.2, 0.25) is 0 Å². The zero-order valence-corrected chi connectivity index (χ0v) is 16.4. The average Bonchev–Trinajstić information content (AvgIpc) is 3.28. The van der Waals surface area contributed by atoms with Crippen LogP contribution >= 0.6 is 0 Å². The van der Waals surface area contributed by atoms with Gasteiger partial charge in [0.15, 0.2) is 5.65 Å². The number of nitrogens with zero attached hydrogens (tertiary/aromatic N) is 6. The molecule has 9 nitrogen and oxygen atoms in total. The SMILES string of the molecule is Cc1cc2ncc(C(=O)NCC(C)(C)N(CC=O)N3CCC[C@H]3C#N)cn2n1. The Hall–Kier alpha value is -2.83. The number of carbonyl (C=O) groups excluding carboxylic acids is 2. The van der Waals surface area contributed by atoms with Crippen LogP contribution in [-0.4, -0.2) is 68.0 Å². The molecule has 1 saturated heterocycles. The molecule has 1 N–H and O–H groups in total. The Morgan fingerprint density at radius 2 is 2.32 bits per heavy atom. The molecule has 0 saturated carbocycles. The molecule has 3 heterocycles. The molecular formula is C19H25N7O2. The minimum absolute atomic E-state index is 0.168. The summed E-state index contributed by atoms with van der Waals surface area (Å²) >= 11 is 0. The van der Waals surface area contributed by atoms with Gasteiger partial charge in [0.2, 0.25) is 0 Å². The van der Waals surface area contributed by atoms with Crippen molar-refractivity contribution in [1.82, 2.24) is 29.9 Å². The third kappa shape index (κ3) is 4.03. The summed E-state index contributed by atoms with van der Waals surface area (Å²) in [5.41, 5.74) is 1.37. The van der Waals surface area contributed by atoms with E-state index in [0.717, 1.165) is 31.4 Å². The van der Waals surface area contributed by atoms with Crippen molar-refractivity contribution in [3.8, 4) is 6.07 Å². The van der Waals surface area contributed by atoms with E-state index < -0.39 is 5.54 Å². The first-order chi connectivity index (χ1) is 13.4. The fourth-order valence-electron chi connectivity index (χ4n) is 3.54. The van der Waals surface area contributed by atoms with Crippen molar-refractivity contribution >= 4 is 17.8 Å². The van der Waals surface area contributed by atoms with Crippen LogP contribution in [0.15, 0.2) is 18.5 Å². The maximum atomic E-state index is 12.6. The molecule has 148 valence electrons. The van der Waals surface area contributed by atoms with Crippen molar-refractivity contribution in [1.29, 1.82) is 5.26 Å². The van der Waals surface area contributed by atoms with Gasteiger partial charge in [-0.15, -0.1) is 0 Å². The summed E-state index contributed by atoms with van der Waals surface area (Å²) in [7, 11) is 0. The summed E-state index contributed by atoms with van der Waals surface area (Å²) in [6.07, 6.45) is 5.68. The van der Waals surface area contributed by atoms with E-state index in [1.54, 1.807) is 10.7 Å². The second-order valence-electron chi connectivity index (χ2n) is 7.63.